The quantitative estimate of drug-likeness (QED) is 0.467. The van der Waals surface area contributed by atoms with Crippen molar-refractivity contribution in [1.29, 1.82) is 0 Å². The van der Waals surface area contributed by atoms with Crippen LogP contribution in [0.15, 0.2) is 30.1 Å². The molecule has 7 heteroatoms. The molecule has 0 saturated carbocycles. The minimum Gasteiger partial charge on any atom is -0.321 e. The van der Waals surface area contributed by atoms with Crippen LogP contribution >= 0.6 is 7.60 Å². The molecule has 0 fully saturated rings. The van der Waals surface area contributed by atoms with Crippen molar-refractivity contribution >= 4 is 19.4 Å². The highest BCUT2D eigenvalue weighted by Crippen LogP contribution is 2.36. The van der Waals surface area contributed by atoms with Gasteiger partial charge in [0.05, 0.1) is 4.92 Å². The smallest absolute Gasteiger partial charge is 0.321 e. The number of benzene rings is 1. The monoisotopic (exact) mass is 229 g/mol. The van der Waals surface area contributed by atoms with Crippen LogP contribution in [0, 0.1) is 10.1 Å². The van der Waals surface area contributed by atoms with E-state index in [9.17, 15) is 14.7 Å². The molecule has 6 nitrogen and oxygen atoms in total. The summed E-state index contributed by atoms with van der Waals surface area (Å²) in [7, 11) is -4.18. The van der Waals surface area contributed by atoms with Gasteiger partial charge in [-0.15, -0.1) is 0 Å². The van der Waals surface area contributed by atoms with Gasteiger partial charge in [0.15, 0.2) is 0 Å². The van der Waals surface area contributed by atoms with E-state index in [2.05, 4.69) is 0 Å². The zero-order valence-electron chi connectivity index (χ0n) is 7.48. The molecule has 0 amide bonds. The van der Waals surface area contributed by atoms with Crippen LogP contribution in [-0.4, -0.2) is 14.7 Å². The van der Waals surface area contributed by atoms with Crippen molar-refractivity contribution in [3.05, 3.63) is 45.8 Å². The van der Waals surface area contributed by atoms with Crippen LogP contribution < -0.4 is 0 Å². The van der Waals surface area contributed by atoms with Gasteiger partial charge in [-0.2, -0.15) is 0 Å². The van der Waals surface area contributed by atoms with Gasteiger partial charge in [0, 0.05) is 17.9 Å². The SMILES string of the molecule is O=[N+]([O-])c1ccc(/C=C/P(=O)(O)O)cc1. The lowest BCUT2D eigenvalue weighted by atomic mass is 10.2. The summed E-state index contributed by atoms with van der Waals surface area (Å²) in [5.74, 6) is 0.744. The van der Waals surface area contributed by atoms with E-state index in [-0.39, 0.29) is 5.69 Å². The van der Waals surface area contributed by atoms with Gasteiger partial charge in [0.2, 0.25) is 0 Å². The molecule has 0 heterocycles. The molecule has 0 unspecified atom stereocenters. The lowest BCUT2D eigenvalue weighted by molar-refractivity contribution is -0.384. The van der Waals surface area contributed by atoms with Gasteiger partial charge in [0.25, 0.3) is 5.69 Å². The third-order valence-corrected chi connectivity index (χ3v) is 2.10. The second-order valence-electron chi connectivity index (χ2n) is 2.75. The normalized spacial score (nSPS) is 11.9. The number of nitro benzene ring substituents is 1. The summed E-state index contributed by atoms with van der Waals surface area (Å²) < 4.78 is 10.5. The van der Waals surface area contributed by atoms with Crippen LogP contribution in [-0.2, 0) is 4.57 Å². The number of non-ortho nitro benzene ring substituents is 1. The van der Waals surface area contributed by atoms with E-state index in [1.807, 2.05) is 0 Å². The first-order chi connectivity index (χ1) is 6.88. The highest BCUT2D eigenvalue weighted by Gasteiger charge is 2.06. The molecule has 0 radical (unpaired) electrons. The highest BCUT2D eigenvalue weighted by molar-refractivity contribution is 7.55. The molecule has 1 rings (SSSR count). The Balaban J connectivity index is 2.86. The summed E-state index contributed by atoms with van der Waals surface area (Å²) in [4.78, 5) is 26.8. The summed E-state index contributed by atoms with van der Waals surface area (Å²) in [5.41, 5.74) is 0.423. The zero-order chi connectivity index (χ0) is 11.5. The van der Waals surface area contributed by atoms with Gasteiger partial charge in [-0.1, -0.05) is 0 Å². The van der Waals surface area contributed by atoms with Crippen molar-refractivity contribution in [1.82, 2.24) is 0 Å². The standard InChI is InChI=1S/C8H8NO5P/c10-9(11)8-3-1-7(2-4-8)5-6-15(12,13)14/h1-6H,(H2,12,13,14)/b6-5+. The Hall–Kier alpha value is -1.49. The first-order valence-corrected chi connectivity index (χ1v) is 5.55. The number of hydrogen-bond acceptors (Lipinski definition) is 3. The summed E-state index contributed by atoms with van der Waals surface area (Å²) in [6.07, 6.45) is 1.21. The van der Waals surface area contributed by atoms with Crippen LogP contribution in [0.3, 0.4) is 0 Å². The van der Waals surface area contributed by atoms with Crippen LogP contribution in [0.1, 0.15) is 5.56 Å². The topological polar surface area (TPSA) is 101 Å². The van der Waals surface area contributed by atoms with Gasteiger partial charge in [0.1, 0.15) is 0 Å². The lowest BCUT2D eigenvalue weighted by Crippen LogP contribution is -1.86. The van der Waals surface area contributed by atoms with Gasteiger partial charge in [-0.3, -0.25) is 14.7 Å². The van der Waals surface area contributed by atoms with Crippen molar-refractivity contribution in [3.8, 4) is 0 Å². The minimum absolute atomic E-state index is 0.0664. The molecule has 15 heavy (non-hydrogen) atoms. The first kappa shape index (κ1) is 11.6. The largest absolute Gasteiger partial charge is 0.349 e. The predicted molar refractivity (Wildman–Crippen MR) is 54.2 cm³/mol. The molecule has 1 aromatic carbocycles. The minimum atomic E-state index is -4.18. The van der Waals surface area contributed by atoms with Crippen molar-refractivity contribution in [2.24, 2.45) is 0 Å². The fourth-order valence-corrected chi connectivity index (χ4v) is 1.26. The van der Waals surface area contributed by atoms with E-state index < -0.39 is 12.5 Å². The second-order valence-corrected chi connectivity index (χ2v) is 4.23. The number of hydrogen-bond donors (Lipinski definition) is 2. The van der Waals surface area contributed by atoms with E-state index in [1.54, 1.807) is 0 Å². The average Bonchev–Trinajstić information content (AvgIpc) is 2.14. The Kier molecular flexibility index (Phi) is 3.36. The Morgan fingerprint density at radius 2 is 1.80 bits per heavy atom. The molecule has 0 aliphatic heterocycles. The highest BCUT2D eigenvalue weighted by atomic mass is 31.2. The molecule has 1 aromatic rings. The summed E-state index contributed by atoms with van der Waals surface area (Å²) in [5, 5.41) is 10.3. The number of rotatable bonds is 3. The maximum Gasteiger partial charge on any atom is 0.349 e. The molecule has 0 saturated heterocycles. The Morgan fingerprint density at radius 3 is 2.20 bits per heavy atom. The van der Waals surface area contributed by atoms with E-state index in [0.717, 1.165) is 5.82 Å². The van der Waals surface area contributed by atoms with Crippen LogP contribution in [0.5, 0.6) is 0 Å². The zero-order valence-corrected chi connectivity index (χ0v) is 8.37. The van der Waals surface area contributed by atoms with E-state index >= 15 is 0 Å². The maximum absolute atomic E-state index is 10.5. The Morgan fingerprint density at radius 1 is 1.27 bits per heavy atom. The molecule has 0 aliphatic rings. The molecule has 0 atom stereocenters. The van der Waals surface area contributed by atoms with Crippen LogP contribution in [0.2, 0.25) is 0 Å². The molecule has 0 aromatic heterocycles. The van der Waals surface area contributed by atoms with Crippen LogP contribution in [0.25, 0.3) is 6.08 Å². The predicted octanol–water partition coefficient (Wildman–Crippen LogP) is 1.74. The average molecular weight is 229 g/mol. The van der Waals surface area contributed by atoms with Crippen LogP contribution in [0.4, 0.5) is 5.69 Å². The van der Waals surface area contributed by atoms with E-state index in [0.29, 0.717) is 5.56 Å². The molecule has 2 N–H and O–H groups in total. The molecule has 80 valence electrons. The van der Waals surface area contributed by atoms with Crippen molar-refractivity contribution in [2.75, 3.05) is 0 Å². The Bertz CT molecular complexity index is 433. The van der Waals surface area contributed by atoms with E-state index in [1.165, 1.54) is 30.3 Å². The number of nitrogens with zero attached hydrogens (tertiary/aromatic N) is 1. The Labute approximate surface area is 85.2 Å². The van der Waals surface area contributed by atoms with Gasteiger partial charge >= 0.3 is 7.60 Å². The van der Waals surface area contributed by atoms with Gasteiger partial charge in [-0.05, 0) is 23.8 Å². The molecular formula is C8H8NO5P. The fraction of sp³-hybridized carbons (Fsp3) is 0. The van der Waals surface area contributed by atoms with Gasteiger partial charge < -0.3 is 9.79 Å². The van der Waals surface area contributed by atoms with E-state index in [4.69, 9.17) is 9.79 Å². The maximum atomic E-state index is 10.5. The summed E-state index contributed by atoms with van der Waals surface area (Å²) in [6.45, 7) is 0. The fourth-order valence-electron chi connectivity index (χ4n) is 0.890. The van der Waals surface area contributed by atoms with Crippen molar-refractivity contribution in [2.45, 2.75) is 0 Å². The molecule has 0 bridgehead atoms. The summed E-state index contributed by atoms with van der Waals surface area (Å²) >= 11 is 0. The van der Waals surface area contributed by atoms with Gasteiger partial charge in [-0.25, -0.2) is 0 Å². The van der Waals surface area contributed by atoms with Crippen molar-refractivity contribution in [3.63, 3.8) is 0 Å². The third kappa shape index (κ3) is 4.03. The first-order valence-electron chi connectivity index (χ1n) is 3.87. The third-order valence-electron chi connectivity index (χ3n) is 1.57. The van der Waals surface area contributed by atoms with Crippen molar-refractivity contribution < 1.29 is 19.3 Å². The molecule has 0 aliphatic carbocycles. The lowest BCUT2D eigenvalue weighted by Gasteiger charge is -1.95. The molecule has 0 spiro atoms. The molecular weight excluding hydrogens is 221 g/mol. The number of nitro groups is 1. The second kappa shape index (κ2) is 4.35. The summed E-state index contributed by atoms with van der Waals surface area (Å²) in [6, 6.07) is 5.34.